The van der Waals surface area contributed by atoms with Gasteiger partial charge in [-0.3, -0.25) is 0 Å². The van der Waals surface area contributed by atoms with E-state index in [2.05, 4.69) is 81.5 Å². The number of carbonyl (C=O) groups is 1. The van der Waals surface area contributed by atoms with E-state index in [1.54, 1.807) is 0 Å². The minimum atomic E-state index is -1.02. The van der Waals surface area contributed by atoms with E-state index in [4.69, 9.17) is 5.11 Å². The Balaban J connectivity index is 2.60. The minimum absolute atomic E-state index is 0.0158. The SMILES string of the molecule is CCCN(c1cc(C(C)(C)C)cc(C(C)(C)C)c1)c1ncc(C(=O)O)cn1. The maximum Gasteiger partial charge on any atom is 0.338 e. The van der Waals surface area contributed by atoms with Crippen LogP contribution in [0.3, 0.4) is 0 Å². The van der Waals surface area contributed by atoms with Crippen LogP contribution in [0.15, 0.2) is 30.6 Å². The third kappa shape index (κ3) is 5.06. The number of hydrogen-bond donors (Lipinski definition) is 1. The zero-order valence-corrected chi connectivity index (χ0v) is 17.5. The third-order valence-corrected chi connectivity index (χ3v) is 4.54. The van der Waals surface area contributed by atoms with Crippen LogP contribution in [0.4, 0.5) is 11.6 Å². The number of nitrogens with zero attached hydrogens (tertiary/aromatic N) is 3. The number of aromatic nitrogens is 2. The summed E-state index contributed by atoms with van der Waals surface area (Å²) in [5.41, 5.74) is 3.68. The first-order chi connectivity index (χ1) is 12.4. The Morgan fingerprint density at radius 1 is 0.963 bits per heavy atom. The van der Waals surface area contributed by atoms with E-state index in [1.165, 1.54) is 23.5 Å². The molecular formula is C22H31N3O2. The molecule has 1 heterocycles. The summed E-state index contributed by atoms with van der Waals surface area (Å²) in [7, 11) is 0. The quantitative estimate of drug-likeness (QED) is 0.773. The molecule has 0 fully saturated rings. The number of carboxylic acid groups (broad SMARTS) is 1. The van der Waals surface area contributed by atoms with Crippen LogP contribution in [0.2, 0.25) is 0 Å². The van der Waals surface area contributed by atoms with Gasteiger partial charge in [0, 0.05) is 24.6 Å². The summed E-state index contributed by atoms with van der Waals surface area (Å²) < 4.78 is 0. The van der Waals surface area contributed by atoms with Crippen LogP contribution < -0.4 is 4.90 Å². The molecular weight excluding hydrogens is 338 g/mol. The van der Waals surface area contributed by atoms with E-state index in [1.807, 2.05) is 0 Å². The van der Waals surface area contributed by atoms with E-state index in [9.17, 15) is 4.79 Å². The summed E-state index contributed by atoms with van der Waals surface area (Å²) in [4.78, 5) is 21.8. The van der Waals surface area contributed by atoms with Crippen LogP contribution in [0, 0.1) is 0 Å². The van der Waals surface area contributed by atoms with Gasteiger partial charge >= 0.3 is 5.97 Å². The van der Waals surface area contributed by atoms with Gasteiger partial charge in [-0.05, 0) is 40.5 Å². The molecule has 0 bridgehead atoms. The second-order valence-corrected chi connectivity index (χ2v) is 9.00. The van der Waals surface area contributed by atoms with Gasteiger partial charge in [0.05, 0.1) is 5.56 Å². The lowest BCUT2D eigenvalue weighted by atomic mass is 9.80. The molecule has 1 aromatic heterocycles. The van der Waals surface area contributed by atoms with Crippen LogP contribution in [0.25, 0.3) is 0 Å². The largest absolute Gasteiger partial charge is 0.478 e. The number of aromatic carboxylic acids is 1. The number of anilines is 2. The summed E-state index contributed by atoms with van der Waals surface area (Å²) in [6, 6.07) is 6.67. The Morgan fingerprint density at radius 2 is 1.44 bits per heavy atom. The molecule has 5 nitrogen and oxygen atoms in total. The van der Waals surface area contributed by atoms with Crippen LogP contribution in [0.1, 0.15) is 76.4 Å². The van der Waals surface area contributed by atoms with Gasteiger partial charge in [-0.15, -0.1) is 0 Å². The molecule has 0 aliphatic heterocycles. The molecule has 2 rings (SSSR count). The zero-order valence-electron chi connectivity index (χ0n) is 17.5. The highest BCUT2D eigenvalue weighted by Gasteiger charge is 2.23. The van der Waals surface area contributed by atoms with Crippen LogP contribution >= 0.6 is 0 Å². The van der Waals surface area contributed by atoms with E-state index >= 15 is 0 Å². The Bertz CT molecular complexity index is 768. The molecule has 0 radical (unpaired) electrons. The molecule has 0 atom stereocenters. The maximum atomic E-state index is 11.1. The lowest BCUT2D eigenvalue weighted by Crippen LogP contribution is -2.23. The molecule has 0 aliphatic rings. The molecule has 1 N–H and O–H groups in total. The topological polar surface area (TPSA) is 66.3 Å². The van der Waals surface area contributed by atoms with Crippen molar-refractivity contribution in [3.05, 3.63) is 47.3 Å². The minimum Gasteiger partial charge on any atom is -0.478 e. The van der Waals surface area contributed by atoms with Crippen molar-refractivity contribution in [3.63, 3.8) is 0 Å². The van der Waals surface area contributed by atoms with Crippen LogP contribution in [-0.2, 0) is 10.8 Å². The molecule has 2 aromatic rings. The second-order valence-electron chi connectivity index (χ2n) is 9.00. The standard InChI is InChI=1S/C22H31N3O2/c1-8-9-25(20-23-13-15(14-24-20)19(26)27)18-11-16(21(2,3)4)10-17(12-18)22(5,6)7/h10-14H,8-9H2,1-7H3,(H,26,27). The molecule has 0 aliphatic carbocycles. The summed E-state index contributed by atoms with van der Waals surface area (Å²) in [6.07, 6.45) is 3.66. The average molecular weight is 370 g/mol. The summed E-state index contributed by atoms with van der Waals surface area (Å²) in [5.74, 6) is -0.499. The third-order valence-electron chi connectivity index (χ3n) is 4.54. The Kier molecular flexibility index (Phi) is 5.93. The molecule has 0 saturated heterocycles. The number of rotatable bonds is 5. The van der Waals surface area contributed by atoms with Gasteiger partial charge in [0.15, 0.2) is 0 Å². The van der Waals surface area contributed by atoms with Crippen molar-refractivity contribution in [2.45, 2.75) is 65.7 Å². The predicted octanol–water partition coefficient (Wildman–Crippen LogP) is 5.32. The fourth-order valence-electron chi connectivity index (χ4n) is 2.77. The van der Waals surface area contributed by atoms with E-state index in [0.29, 0.717) is 5.95 Å². The van der Waals surface area contributed by atoms with E-state index < -0.39 is 5.97 Å². The first-order valence-electron chi connectivity index (χ1n) is 9.42. The molecule has 0 spiro atoms. The normalized spacial score (nSPS) is 12.1. The van der Waals surface area contributed by atoms with Gasteiger partial charge in [-0.2, -0.15) is 0 Å². The molecule has 5 heteroatoms. The van der Waals surface area contributed by atoms with Crippen molar-refractivity contribution in [1.29, 1.82) is 0 Å². The van der Waals surface area contributed by atoms with Crippen molar-refractivity contribution >= 4 is 17.6 Å². The predicted molar refractivity (Wildman–Crippen MR) is 110 cm³/mol. The molecule has 27 heavy (non-hydrogen) atoms. The number of carboxylic acids is 1. The van der Waals surface area contributed by atoms with Crippen molar-refractivity contribution in [1.82, 2.24) is 9.97 Å². The van der Waals surface area contributed by atoms with Crippen molar-refractivity contribution in [2.75, 3.05) is 11.4 Å². The summed E-state index contributed by atoms with van der Waals surface area (Å²) >= 11 is 0. The monoisotopic (exact) mass is 369 g/mol. The van der Waals surface area contributed by atoms with E-state index in [-0.39, 0.29) is 16.4 Å². The van der Waals surface area contributed by atoms with Crippen molar-refractivity contribution in [3.8, 4) is 0 Å². The summed E-state index contributed by atoms with van der Waals surface area (Å²) in [6.45, 7) is 16.1. The molecule has 0 unspecified atom stereocenters. The highest BCUT2D eigenvalue weighted by Crippen LogP contribution is 2.35. The lowest BCUT2D eigenvalue weighted by Gasteiger charge is -2.30. The zero-order chi connectivity index (χ0) is 20.4. The number of benzene rings is 1. The van der Waals surface area contributed by atoms with Gasteiger partial charge in [-0.25, -0.2) is 14.8 Å². The Labute approximate surface area is 162 Å². The second kappa shape index (κ2) is 7.67. The molecule has 0 amide bonds. The van der Waals surface area contributed by atoms with Crippen molar-refractivity contribution in [2.24, 2.45) is 0 Å². The number of hydrogen-bond acceptors (Lipinski definition) is 4. The Hall–Kier alpha value is -2.43. The van der Waals surface area contributed by atoms with Gasteiger partial charge in [0.25, 0.3) is 0 Å². The first-order valence-corrected chi connectivity index (χ1v) is 9.42. The smallest absolute Gasteiger partial charge is 0.338 e. The highest BCUT2D eigenvalue weighted by molar-refractivity contribution is 5.86. The fourth-order valence-corrected chi connectivity index (χ4v) is 2.77. The summed E-state index contributed by atoms with van der Waals surface area (Å²) in [5, 5.41) is 9.09. The lowest BCUT2D eigenvalue weighted by molar-refractivity contribution is 0.0696. The average Bonchev–Trinajstić information content (AvgIpc) is 2.58. The van der Waals surface area contributed by atoms with Gasteiger partial charge < -0.3 is 10.0 Å². The van der Waals surface area contributed by atoms with Crippen LogP contribution in [0.5, 0.6) is 0 Å². The van der Waals surface area contributed by atoms with Crippen molar-refractivity contribution < 1.29 is 9.90 Å². The molecule has 0 saturated carbocycles. The highest BCUT2D eigenvalue weighted by atomic mass is 16.4. The van der Waals surface area contributed by atoms with Gasteiger partial charge in [0.2, 0.25) is 5.95 Å². The molecule has 1 aromatic carbocycles. The fraction of sp³-hybridized carbons (Fsp3) is 0.500. The van der Waals surface area contributed by atoms with E-state index in [0.717, 1.165) is 18.7 Å². The van der Waals surface area contributed by atoms with Gasteiger partial charge in [-0.1, -0.05) is 54.5 Å². The first kappa shape index (κ1) is 20.9. The maximum absolute atomic E-state index is 11.1. The van der Waals surface area contributed by atoms with Crippen LogP contribution in [-0.4, -0.2) is 27.6 Å². The Morgan fingerprint density at radius 3 is 1.81 bits per heavy atom. The molecule has 146 valence electrons. The van der Waals surface area contributed by atoms with Gasteiger partial charge in [0.1, 0.15) is 0 Å².